The van der Waals surface area contributed by atoms with Crippen molar-refractivity contribution in [2.45, 2.75) is 20.0 Å². The second-order valence-corrected chi connectivity index (χ2v) is 8.99. The summed E-state index contributed by atoms with van der Waals surface area (Å²) in [7, 11) is 1.44. The normalized spacial score (nSPS) is 14.4. The molecule has 0 aromatic heterocycles. The molecule has 0 spiro atoms. The van der Waals surface area contributed by atoms with Gasteiger partial charge in [0, 0.05) is 10.7 Å². The van der Waals surface area contributed by atoms with Gasteiger partial charge in [0.05, 0.1) is 18.1 Å². The smallest absolute Gasteiger partial charge is 0.344 e. The molecule has 0 atom stereocenters. The van der Waals surface area contributed by atoms with Gasteiger partial charge < -0.3 is 19.5 Å². The average molecular weight is 519 g/mol. The number of imide groups is 1. The van der Waals surface area contributed by atoms with Gasteiger partial charge >= 0.3 is 5.97 Å². The molecule has 2 aromatic rings. The quantitative estimate of drug-likeness (QED) is 0.385. The number of rotatable bonds is 9. The van der Waals surface area contributed by atoms with Crippen LogP contribution in [0.25, 0.3) is 6.08 Å². The van der Waals surface area contributed by atoms with E-state index in [1.807, 2.05) is 0 Å². The molecule has 9 nitrogen and oxygen atoms in total. The first-order valence-electron chi connectivity index (χ1n) is 10.5. The summed E-state index contributed by atoms with van der Waals surface area (Å²) >= 11 is 6.63. The zero-order chi connectivity index (χ0) is 25.5. The first-order chi connectivity index (χ1) is 16.7. The number of thioether (sulfide) groups is 1. The Morgan fingerprint density at radius 2 is 1.91 bits per heavy atom. The fourth-order valence-electron chi connectivity index (χ4n) is 3.02. The Morgan fingerprint density at radius 1 is 1.14 bits per heavy atom. The van der Waals surface area contributed by atoms with Gasteiger partial charge in [-0.05, 0) is 67.6 Å². The fraction of sp³-hybridized carbons (Fsp3) is 0.250. The van der Waals surface area contributed by atoms with Gasteiger partial charge in [-0.2, -0.15) is 0 Å². The number of carbonyl (C=O) groups is 4. The zero-order valence-corrected chi connectivity index (χ0v) is 20.8. The maximum absolute atomic E-state index is 12.8. The highest BCUT2D eigenvalue weighted by molar-refractivity contribution is 8.18. The highest BCUT2D eigenvalue weighted by Crippen LogP contribution is 2.34. The van der Waals surface area contributed by atoms with Crippen LogP contribution in [0.4, 0.5) is 10.5 Å². The van der Waals surface area contributed by atoms with Crippen molar-refractivity contribution >= 4 is 58.1 Å². The molecule has 1 fully saturated rings. The lowest BCUT2D eigenvalue weighted by Gasteiger charge is -2.13. The summed E-state index contributed by atoms with van der Waals surface area (Å²) < 4.78 is 15.8. The molecule has 1 heterocycles. The Labute approximate surface area is 211 Å². The SMILES string of the molecule is COc1cc(/C=C2\SC(=O)N(CC(=O)Nc3cccc(Cl)c3)C2=O)ccc1OCC(=O)OC(C)C. The number of ether oxygens (including phenoxy) is 3. The Morgan fingerprint density at radius 3 is 2.60 bits per heavy atom. The van der Waals surface area contributed by atoms with Crippen LogP contribution in [0.3, 0.4) is 0 Å². The second kappa shape index (κ2) is 11.8. The third-order valence-electron chi connectivity index (χ3n) is 4.48. The van der Waals surface area contributed by atoms with Crippen molar-refractivity contribution in [2.75, 3.05) is 25.6 Å². The molecular weight excluding hydrogens is 496 g/mol. The lowest BCUT2D eigenvalue weighted by Crippen LogP contribution is -2.36. The Bertz CT molecular complexity index is 1180. The second-order valence-electron chi connectivity index (χ2n) is 7.56. The van der Waals surface area contributed by atoms with E-state index in [2.05, 4.69) is 5.32 Å². The molecule has 3 amide bonds. The third-order valence-corrected chi connectivity index (χ3v) is 5.62. The lowest BCUT2D eigenvalue weighted by molar-refractivity contribution is -0.149. The first-order valence-corrected chi connectivity index (χ1v) is 11.7. The molecule has 0 bridgehead atoms. The minimum Gasteiger partial charge on any atom is -0.493 e. The van der Waals surface area contributed by atoms with Crippen LogP contribution in [0.5, 0.6) is 11.5 Å². The number of hydrogen-bond acceptors (Lipinski definition) is 8. The number of benzene rings is 2. The number of methoxy groups -OCH3 is 1. The maximum atomic E-state index is 12.8. The van der Waals surface area contributed by atoms with Crippen molar-refractivity contribution in [3.63, 3.8) is 0 Å². The zero-order valence-electron chi connectivity index (χ0n) is 19.2. The molecule has 3 rings (SSSR count). The summed E-state index contributed by atoms with van der Waals surface area (Å²) in [6.45, 7) is 2.75. The minimum atomic E-state index is -0.586. The number of anilines is 1. The van der Waals surface area contributed by atoms with E-state index in [-0.39, 0.29) is 17.6 Å². The molecule has 1 N–H and O–H groups in total. The van der Waals surface area contributed by atoms with Gasteiger partial charge in [-0.15, -0.1) is 0 Å². The van der Waals surface area contributed by atoms with Crippen LogP contribution in [-0.4, -0.2) is 54.3 Å². The van der Waals surface area contributed by atoms with Gasteiger partial charge in [0.2, 0.25) is 5.91 Å². The van der Waals surface area contributed by atoms with Crippen molar-refractivity contribution in [1.82, 2.24) is 4.90 Å². The van der Waals surface area contributed by atoms with E-state index < -0.39 is 29.6 Å². The van der Waals surface area contributed by atoms with Crippen LogP contribution in [0, 0.1) is 0 Å². The Kier molecular flexibility index (Phi) is 8.78. The van der Waals surface area contributed by atoms with E-state index >= 15 is 0 Å². The molecule has 0 aliphatic carbocycles. The summed E-state index contributed by atoms with van der Waals surface area (Å²) in [5, 5.41) is 2.49. The summed E-state index contributed by atoms with van der Waals surface area (Å²) in [5.74, 6) is -0.987. The monoisotopic (exact) mass is 518 g/mol. The van der Waals surface area contributed by atoms with Crippen LogP contribution in [0.1, 0.15) is 19.4 Å². The van der Waals surface area contributed by atoms with E-state index in [0.29, 0.717) is 27.8 Å². The molecule has 1 aliphatic rings. The van der Waals surface area contributed by atoms with Crippen LogP contribution < -0.4 is 14.8 Å². The molecule has 35 heavy (non-hydrogen) atoms. The number of esters is 1. The largest absolute Gasteiger partial charge is 0.493 e. The molecule has 184 valence electrons. The molecule has 0 saturated carbocycles. The summed E-state index contributed by atoms with van der Waals surface area (Å²) in [4.78, 5) is 50.2. The number of nitrogens with one attached hydrogen (secondary N) is 1. The van der Waals surface area contributed by atoms with Crippen molar-refractivity contribution in [3.8, 4) is 11.5 Å². The summed E-state index contributed by atoms with van der Waals surface area (Å²) in [5.41, 5.74) is 1.02. The van der Waals surface area contributed by atoms with Gasteiger partial charge in [-0.25, -0.2) is 4.79 Å². The fourth-order valence-corrected chi connectivity index (χ4v) is 4.05. The minimum absolute atomic E-state index is 0.154. The molecule has 0 radical (unpaired) electrons. The van der Waals surface area contributed by atoms with E-state index in [1.54, 1.807) is 56.3 Å². The summed E-state index contributed by atoms with van der Waals surface area (Å²) in [6, 6.07) is 11.4. The summed E-state index contributed by atoms with van der Waals surface area (Å²) in [6.07, 6.45) is 1.26. The predicted molar refractivity (Wildman–Crippen MR) is 132 cm³/mol. The molecule has 0 unspecified atom stereocenters. The maximum Gasteiger partial charge on any atom is 0.344 e. The van der Waals surface area contributed by atoms with E-state index in [1.165, 1.54) is 13.2 Å². The topological polar surface area (TPSA) is 111 Å². The Hall–Kier alpha value is -3.50. The third kappa shape index (κ3) is 7.24. The van der Waals surface area contributed by atoms with E-state index in [4.69, 9.17) is 25.8 Å². The number of nitrogens with zero attached hydrogens (tertiary/aromatic N) is 1. The predicted octanol–water partition coefficient (Wildman–Crippen LogP) is 4.35. The van der Waals surface area contributed by atoms with Crippen LogP contribution >= 0.6 is 23.4 Å². The molecule has 2 aromatic carbocycles. The van der Waals surface area contributed by atoms with Crippen LogP contribution in [0.2, 0.25) is 5.02 Å². The Balaban J connectivity index is 1.66. The van der Waals surface area contributed by atoms with E-state index in [9.17, 15) is 19.2 Å². The number of carbonyl (C=O) groups excluding carboxylic acids is 4. The molecule has 1 saturated heterocycles. The average Bonchev–Trinajstić information content (AvgIpc) is 3.04. The van der Waals surface area contributed by atoms with Gasteiger partial charge in [-0.1, -0.05) is 23.7 Å². The standard InChI is InChI=1S/C24H23ClN2O7S/c1-14(2)34-22(29)13-33-18-8-7-15(9-19(18)32-3)10-20-23(30)27(24(31)35-20)12-21(28)26-17-6-4-5-16(25)11-17/h4-11,14H,12-13H2,1-3H3,(H,26,28)/b20-10-. The molecule has 1 aliphatic heterocycles. The van der Waals surface area contributed by atoms with Crippen LogP contribution in [-0.2, 0) is 19.1 Å². The number of amides is 3. The van der Waals surface area contributed by atoms with Gasteiger partial charge in [0.25, 0.3) is 11.1 Å². The highest BCUT2D eigenvalue weighted by atomic mass is 35.5. The van der Waals surface area contributed by atoms with Crippen molar-refractivity contribution in [3.05, 3.63) is 58.0 Å². The van der Waals surface area contributed by atoms with Crippen molar-refractivity contribution < 1.29 is 33.4 Å². The number of hydrogen-bond donors (Lipinski definition) is 1. The van der Waals surface area contributed by atoms with Gasteiger partial charge in [0.15, 0.2) is 18.1 Å². The first kappa shape index (κ1) is 26.1. The lowest BCUT2D eigenvalue weighted by atomic mass is 10.2. The van der Waals surface area contributed by atoms with Crippen molar-refractivity contribution in [1.29, 1.82) is 0 Å². The van der Waals surface area contributed by atoms with Gasteiger partial charge in [-0.3, -0.25) is 19.3 Å². The van der Waals surface area contributed by atoms with Gasteiger partial charge in [0.1, 0.15) is 6.54 Å². The number of halogens is 1. The highest BCUT2D eigenvalue weighted by Gasteiger charge is 2.36. The molecule has 11 heteroatoms. The van der Waals surface area contributed by atoms with Crippen LogP contribution in [0.15, 0.2) is 47.4 Å². The van der Waals surface area contributed by atoms with E-state index in [0.717, 1.165) is 16.7 Å². The van der Waals surface area contributed by atoms with Crippen molar-refractivity contribution in [2.24, 2.45) is 0 Å². The molecular formula is C24H23ClN2O7S.